The van der Waals surface area contributed by atoms with Crippen LogP contribution in [0.15, 0.2) is 30.9 Å². The summed E-state index contributed by atoms with van der Waals surface area (Å²) in [5, 5.41) is 30.7. The summed E-state index contributed by atoms with van der Waals surface area (Å²) in [6, 6.07) is 3.42. The van der Waals surface area contributed by atoms with Gasteiger partial charge in [0.25, 0.3) is 0 Å². The SMILES string of the molecule is Nc1ncnc2c1c(-c1ccc(Cl)cn1)cn2[C@@H]1O[C@H](CO)[C@@H](O)[C@H]1O. The van der Waals surface area contributed by atoms with Crippen LogP contribution in [-0.4, -0.2) is 59.8 Å². The summed E-state index contributed by atoms with van der Waals surface area (Å²) in [7, 11) is 0. The maximum atomic E-state index is 10.3. The van der Waals surface area contributed by atoms with E-state index in [0.29, 0.717) is 27.3 Å². The van der Waals surface area contributed by atoms with Crippen molar-refractivity contribution in [3.63, 3.8) is 0 Å². The lowest BCUT2D eigenvalue weighted by atomic mass is 10.1. The van der Waals surface area contributed by atoms with Crippen molar-refractivity contribution in [2.45, 2.75) is 24.5 Å². The zero-order valence-corrected chi connectivity index (χ0v) is 14.2. The number of pyridine rings is 1. The highest BCUT2D eigenvalue weighted by molar-refractivity contribution is 6.30. The van der Waals surface area contributed by atoms with E-state index >= 15 is 0 Å². The third-order valence-corrected chi connectivity index (χ3v) is 4.66. The number of aliphatic hydroxyl groups is 3. The van der Waals surface area contributed by atoms with Crippen LogP contribution >= 0.6 is 11.6 Å². The van der Waals surface area contributed by atoms with Gasteiger partial charge in [-0.15, -0.1) is 0 Å². The van der Waals surface area contributed by atoms with Crippen LogP contribution in [0.4, 0.5) is 5.82 Å². The molecular formula is C16H16ClN5O4. The van der Waals surface area contributed by atoms with Crippen LogP contribution in [0.3, 0.4) is 0 Å². The highest BCUT2D eigenvalue weighted by Crippen LogP contribution is 2.37. The van der Waals surface area contributed by atoms with Gasteiger partial charge < -0.3 is 30.4 Å². The first-order valence-electron chi connectivity index (χ1n) is 7.86. The fraction of sp³-hybridized carbons (Fsp3) is 0.312. The number of aromatic nitrogens is 4. The zero-order valence-electron chi connectivity index (χ0n) is 13.4. The molecule has 1 fully saturated rings. The normalized spacial score (nSPS) is 25.8. The molecule has 0 unspecified atom stereocenters. The molecule has 0 radical (unpaired) electrons. The number of hydrogen-bond acceptors (Lipinski definition) is 8. The first-order chi connectivity index (χ1) is 12.5. The smallest absolute Gasteiger partial charge is 0.164 e. The Kier molecular flexibility index (Phi) is 4.25. The highest BCUT2D eigenvalue weighted by atomic mass is 35.5. The Hall–Kier alpha value is -2.30. The van der Waals surface area contributed by atoms with Gasteiger partial charge in [-0.1, -0.05) is 11.6 Å². The van der Waals surface area contributed by atoms with E-state index in [0.717, 1.165) is 0 Å². The molecule has 3 aromatic heterocycles. The number of fused-ring (bicyclic) bond motifs is 1. The molecule has 10 heteroatoms. The fourth-order valence-electron chi connectivity index (χ4n) is 3.14. The number of nitrogen functional groups attached to an aromatic ring is 1. The van der Waals surface area contributed by atoms with E-state index in [2.05, 4.69) is 15.0 Å². The average Bonchev–Trinajstić information content (AvgIpc) is 3.15. The second-order valence-electron chi connectivity index (χ2n) is 6.00. The monoisotopic (exact) mass is 377 g/mol. The molecule has 1 saturated heterocycles. The summed E-state index contributed by atoms with van der Waals surface area (Å²) < 4.78 is 7.17. The number of nitrogens with zero attached hydrogens (tertiary/aromatic N) is 4. The lowest BCUT2D eigenvalue weighted by Crippen LogP contribution is -2.33. The Balaban J connectivity index is 1.89. The molecule has 0 amide bonds. The van der Waals surface area contributed by atoms with Crippen LogP contribution in [0.1, 0.15) is 6.23 Å². The van der Waals surface area contributed by atoms with E-state index in [1.807, 2.05) is 0 Å². The van der Waals surface area contributed by atoms with Crippen molar-refractivity contribution in [3.05, 3.63) is 35.9 Å². The summed E-state index contributed by atoms with van der Waals surface area (Å²) in [5.74, 6) is 0.243. The Labute approximate surface area is 152 Å². The first kappa shape index (κ1) is 17.1. The second kappa shape index (κ2) is 6.45. The standard InChI is InChI=1S/C16H16ClN5O4/c17-7-1-2-9(19-3-7)8-4-22(15-11(8)14(18)20-6-21-15)16-13(25)12(24)10(5-23)26-16/h1-4,6,10,12-13,16,23-25H,5H2,(H2,18,20,21)/t10-,12-,13-,16-/m1/s1. The minimum atomic E-state index is -1.25. The molecule has 1 aliphatic rings. The van der Waals surface area contributed by atoms with Gasteiger partial charge in [0, 0.05) is 18.0 Å². The van der Waals surface area contributed by atoms with Gasteiger partial charge in [0.05, 0.1) is 22.7 Å². The minimum absolute atomic E-state index is 0.243. The van der Waals surface area contributed by atoms with Crippen molar-refractivity contribution in [2.75, 3.05) is 12.3 Å². The molecule has 4 atom stereocenters. The maximum absolute atomic E-state index is 10.3. The van der Waals surface area contributed by atoms with E-state index in [4.69, 9.17) is 22.1 Å². The summed E-state index contributed by atoms with van der Waals surface area (Å²) in [6.45, 7) is -0.420. The Morgan fingerprint density at radius 3 is 2.65 bits per heavy atom. The molecule has 0 bridgehead atoms. The van der Waals surface area contributed by atoms with Crippen molar-refractivity contribution in [2.24, 2.45) is 0 Å². The predicted molar refractivity (Wildman–Crippen MR) is 93.2 cm³/mol. The van der Waals surface area contributed by atoms with Crippen LogP contribution < -0.4 is 5.73 Å². The van der Waals surface area contributed by atoms with Crippen molar-refractivity contribution in [3.8, 4) is 11.3 Å². The third kappa shape index (κ3) is 2.61. The van der Waals surface area contributed by atoms with E-state index in [1.165, 1.54) is 12.5 Å². The van der Waals surface area contributed by atoms with Gasteiger partial charge in [-0.3, -0.25) is 4.98 Å². The lowest BCUT2D eigenvalue weighted by molar-refractivity contribution is -0.0508. The molecule has 0 aromatic carbocycles. The molecule has 26 heavy (non-hydrogen) atoms. The van der Waals surface area contributed by atoms with Crippen molar-refractivity contribution in [1.29, 1.82) is 0 Å². The molecule has 3 aromatic rings. The maximum Gasteiger partial charge on any atom is 0.164 e. The van der Waals surface area contributed by atoms with Crippen LogP contribution in [-0.2, 0) is 4.74 Å². The summed E-state index contributed by atoms with van der Waals surface area (Å²) in [6.07, 6.45) is 0.167. The van der Waals surface area contributed by atoms with Crippen LogP contribution in [0.25, 0.3) is 22.3 Å². The minimum Gasteiger partial charge on any atom is -0.394 e. The summed E-state index contributed by atoms with van der Waals surface area (Å²) >= 11 is 5.90. The van der Waals surface area contributed by atoms with Crippen molar-refractivity contribution < 1.29 is 20.1 Å². The summed E-state index contributed by atoms with van der Waals surface area (Å²) in [5.41, 5.74) is 7.68. The van der Waals surface area contributed by atoms with E-state index in [1.54, 1.807) is 22.9 Å². The topological polar surface area (TPSA) is 140 Å². The predicted octanol–water partition coefficient (Wildman–Crippen LogP) is 0.340. The Morgan fingerprint density at radius 2 is 2.00 bits per heavy atom. The number of hydrogen-bond donors (Lipinski definition) is 4. The Bertz CT molecular complexity index is 948. The largest absolute Gasteiger partial charge is 0.394 e. The number of rotatable bonds is 3. The number of halogens is 1. The van der Waals surface area contributed by atoms with Crippen molar-refractivity contribution in [1.82, 2.24) is 19.5 Å². The zero-order chi connectivity index (χ0) is 18.4. The number of aliphatic hydroxyl groups excluding tert-OH is 3. The lowest BCUT2D eigenvalue weighted by Gasteiger charge is -2.17. The van der Waals surface area contributed by atoms with Gasteiger partial charge in [0.15, 0.2) is 6.23 Å². The third-order valence-electron chi connectivity index (χ3n) is 4.43. The number of nitrogens with two attached hydrogens (primary N) is 1. The quantitative estimate of drug-likeness (QED) is 0.512. The molecule has 0 aliphatic carbocycles. The highest BCUT2D eigenvalue weighted by Gasteiger charge is 2.44. The van der Waals surface area contributed by atoms with Gasteiger partial charge >= 0.3 is 0 Å². The van der Waals surface area contributed by atoms with E-state index < -0.39 is 31.1 Å². The van der Waals surface area contributed by atoms with E-state index in [9.17, 15) is 15.3 Å². The van der Waals surface area contributed by atoms with Gasteiger partial charge in [-0.25, -0.2) is 9.97 Å². The fourth-order valence-corrected chi connectivity index (χ4v) is 3.25. The number of ether oxygens (including phenoxy) is 1. The second-order valence-corrected chi connectivity index (χ2v) is 6.43. The van der Waals surface area contributed by atoms with Gasteiger partial charge in [-0.05, 0) is 12.1 Å². The molecule has 1 aliphatic heterocycles. The van der Waals surface area contributed by atoms with Crippen LogP contribution in [0.5, 0.6) is 0 Å². The van der Waals surface area contributed by atoms with Gasteiger partial charge in [0.1, 0.15) is 36.1 Å². The molecule has 5 N–H and O–H groups in total. The number of anilines is 1. The molecule has 0 spiro atoms. The molecule has 4 heterocycles. The van der Waals surface area contributed by atoms with Crippen LogP contribution in [0.2, 0.25) is 5.02 Å². The molecule has 0 saturated carbocycles. The van der Waals surface area contributed by atoms with Gasteiger partial charge in [0.2, 0.25) is 0 Å². The molecule has 4 rings (SSSR count). The molecular weight excluding hydrogens is 362 g/mol. The van der Waals surface area contributed by atoms with E-state index in [-0.39, 0.29) is 5.82 Å². The molecule has 136 valence electrons. The Morgan fingerprint density at radius 1 is 1.19 bits per heavy atom. The van der Waals surface area contributed by atoms with Gasteiger partial charge in [-0.2, -0.15) is 0 Å². The molecule has 9 nitrogen and oxygen atoms in total. The van der Waals surface area contributed by atoms with Crippen LogP contribution in [0, 0.1) is 0 Å². The average molecular weight is 378 g/mol. The first-order valence-corrected chi connectivity index (χ1v) is 8.24. The van der Waals surface area contributed by atoms with Crippen molar-refractivity contribution >= 4 is 28.5 Å². The summed E-state index contributed by atoms with van der Waals surface area (Å²) in [4.78, 5) is 12.6.